The van der Waals surface area contributed by atoms with Gasteiger partial charge in [0, 0.05) is 33.9 Å². The molecule has 4 rings (SSSR count). The van der Waals surface area contributed by atoms with Gasteiger partial charge in [0.2, 0.25) is 0 Å². The number of aromatic nitrogens is 1. The summed E-state index contributed by atoms with van der Waals surface area (Å²) in [6.07, 6.45) is 5.79. The molecule has 0 fully saturated rings. The number of halogens is 1. The lowest BCUT2D eigenvalue weighted by Gasteiger charge is -2.20. The van der Waals surface area contributed by atoms with Gasteiger partial charge in [-0.3, -0.25) is 0 Å². The maximum atomic E-state index is 10.1. The lowest BCUT2D eigenvalue weighted by Crippen LogP contribution is -2.12. The number of rotatable bonds is 2. The van der Waals surface area contributed by atoms with Crippen LogP contribution < -0.4 is 4.74 Å². The topological polar surface area (TPSA) is 34.4 Å². The van der Waals surface area contributed by atoms with Crippen molar-refractivity contribution in [1.29, 1.82) is 0 Å². The highest BCUT2D eigenvalue weighted by Gasteiger charge is 2.23. The minimum Gasteiger partial charge on any atom is -0.493 e. The standard InChI is InChI=1S/C17H18BrNO2/c18-13-8-11-5-7-21-17(11)12(9-13)10-19-6-4-14-15(19)2-1-3-16(14)20/h4,6,8-9,16,20H,1-3,5,7,10H2. The molecule has 3 nitrogen and oxygen atoms in total. The van der Waals surface area contributed by atoms with E-state index in [2.05, 4.69) is 44.9 Å². The van der Waals surface area contributed by atoms with E-state index in [1.165, 1.54) is 16.8 Å². The van der Waals surface area contributed by atoms with Crippen molar-refractivity contribution in [1.82, 2.24) is 4.57 Å². The molecule has 2 heterocycles. The predicted molar refractivity (Wildman–Crippen MR) is 84.8 cm³/mol. The van der Waals surface area contributed by atoms with Crippen LogP contribution in [0.4, 0.5) is 0 Å². The van der Waals surface area contributed by atoms with Gasteiger partial charge >= 0.3 is 0 Å². The number of aliphatic hydroxyl groups excluding tert-OH is 1. The van der Waals surface area contributed by atoms with Crippen molar-refractivity contribution >= 4 is 15.9 Å². The molecule has 1 aromatic carbocycles. The lowest BCUT2D eigenvalue weighted by molar-refractivity contribution is 0.155. The predicted octanol–water partition coefficient (Wildman–Crippen LogP) is 3.60. The lowest BCUT2D eigenvalue weighted by atomic mass is 9.95. The summed E-state index contributed by atoms with van der Waals surface area (Å²) < 4.78 is 9.19. The van der Waals surface area contributed by atoms with Crippen LogP contribution in [-0.2, 0) is 19.4 Å². The van der Waals surface area contributed by atoms with E-state index in [9.17, 15) is 5.11 Å². The third kappa shape index (κ3) is 2.30. The van der Waals surface area contributed by atoms with Crippen LogP contribution in [0.15, 0.2) is 28.9 Å². The normalized spacial score (nSPS) is 20.0. The average molecular weight is 348 g/mol. The van der Waals surface area contributed by atoms with E-state index in [4.69, 9.17) is 4.74 Å². The van der Waals surface area contributed by atoms with Crippen molar-refractivity contribution in [2.75, 3.05) is 6.61 Å². The van der Waals surface area contributed by atoms with Gasteiger partial charge in [-0.2, -0.15) is 0 Å². The van der Waals surface area contributed by atoms with Crippen LogP contribution in [0.2, 0.25) is 0 Å². The summed E-state index contributed by atoms with van der Waals surface area (Å²) in [7, 11) is 0. The first-order valence-electron chi connectivity index (χ1n) is 7.52. The van der Waals surface area contributed by atoms with Gasteiger partial charge in [-0.1, -0.05) is 15.9 Å². The fraction of sp³-hybridized carbons (Fsp3) is 0.412. The highest BCUT2D eigenvalue weighted by atomic mass is 79.9. The molecule has 1 aliphatic carbocycles. The summed E-state index contributed by atoms with van der Waals surface area (Å²) in [5.41, 5.74) is 4.89. The second kappa shape index (κ2) is 5.18. The Hall–Kier alpha value is -1.26. The molecule has 1 aliphatic heterocycles. The number of nitrogens with zero attached hydrogens (tertiary/aromatic N) is 1. The third-order valence-corrected chi connectivity index (χ3v) is 4.99. The minimum absolute atomic E-state index is 0.292. The van der Waals surface area contributed by atoms with E-state index >= 15 is 0 Å². The maximum absolute atomic E-state index is 10.1. The maximum Gasteiger partial charge on any atom is 0.127 e. The van der Waals surface area contributed by atoms with Crippen LogP contribution in [0.5, 0.6) is 5.75 Å². The van der Waals surface area contributed by atoms with Crippen molar-refractivity contribution in [2.24, 2.45) is 0 Å². The third-order valence-electron chi connectivity index (χ3n) is 4.53. The fourth-order valence-electron chi connectivity index (χ4n) is 3.53. The zero-order valence-corrected chi connectivity index (χ0v) is 13.4. The molecule has 21 heavy (non-hydrogen) atoms. The van der Waals surface area contributed by atoms with Gasteiger partial charge < -0.3 is 14.4 Å². The summed E-state index contributed by atoms with van der Waals surface area (Å²) in [4.78, 5) is 0. The molecule has 110 valence electrons. The molecule has 2 aliphatic rings. The molecule has 0 spiro atoms. The minimum atomic E-state index is -0.292. The second-order valence-electron chi connectivity index (χ2n) is 5.91. The fourth-order valence-corrected chi connectivity index (χ4v) is 4.08. The first-order chi connectivity index (χ1) is 10.2. The van der Waals surface area contributed by atoms with Gasteiger partial charge in [-0.05, 0) is 43.0 Å². The Bertz CT molecular complexity index is 692. The van der Waals surface area contributed by atoms with E-state index in [0.29, 0.717) is 0 Å². The second-order valence-corrected chi connectivity index (χ2v) is 6.82. The van der Waals surface area contributed by atoms with E-state index in [-0.39, 0.29) is 6.10 Å². The molecular formula is C17H18BrNO2. The summed E-state index contributed by atoms with van der Waals surface area (Å²) in [6.45, 7) is 1.59. The van der Waals surface area contributed by atoms with Crippen molar-refractivity contribution in [3.63, 3.8) is 0 Å². The number of hydrogen-bond donors (Lipinski definition) is 1. The Balaban J connectivity index is 1.71. The van der Waals surface area contributed by atoms with E-state index in [0.717, 1.165) is 54.6 Å². The SMILES string of the molecule is OC1CCCc2c1ccn2Cc1cc(Br)cc2c1OCC2. The molecule has 1 N–H and O–H groups in total. The summed E-state index contributed by atoms with van der Waals surface area (Å²) in [6, 6.07) is 6.37. The Labute approximate surface area is 132 Å². The molecule has 0 saturated heterocycles. The van der Waals surface area contributed by atoms with Crippen molar-refractivity contribution in [3.8, 4) is 5.75 Å². The number of fused-ring (bicyclic) bond motifs is 2. The summed E-state index contributed by atoms with van der Waals surface area (Å²) >= 11 is 3.60. The first kappa shape index (κ1) is 13.4. The van der Waals surface area contributed by atoms with Gasteiger partial charge in [0.15, 0.2) is 0 Å². The molecule has 0 saturated carbocycles. The first-order valence-corrected chi connectivity index (χ1v) is 8.32. The molecule has 1 atom stereocenters. The number of ether oxygens (including phenoxy) is 1. The quantitative estimate of drug-likeness (QED) is 0.900. The molecule has 0 radical (unpaired) electrons. The summed E-state index contributed by atoms with van der Waals surface area (Å²) in [5.74, 6) is 1.05. The van der Waals surface area contributed by atoms with E-state index in [1.807, 2.05) is 0 Å². The number of benzene rings is 1. The average Bonchev–Trinajstić information content (AvgIpc) is 3.07. The largest absolute Gasteiger partial charge is 0.493 e. The smallest absolute Gasteiger partial charge is 0.127 e. The highest BCUT2D eigenvalue weighted by Crippen LogP contribution is 2.35. The van der Waals surface area contributed by atoms with Gasteiger partial charge in [0.25, 0.3) is 0 Å². The number of aliphatic hydroxyl groups is 1. The van der Waals surface area contributed by atoms with Crippen LogP contribution in [-0.4, -0.2) is 16.3 Å². The Morgan fingerprint density at radius 2 is 2.24 bits per heavy atom. The van der Waals surface area contributed by atoms with Gasteiger partial charge in [-0.15, -0.1) is 0 Å². The van der Waals surface area contributed by atoms with Gasteiger partial charge in [0.1, 0.15) is 5.75 Å². The number of hydrogen-bond acceptors (Lipinski definition) is 2. The van der Waals surface area contributed by atoms with Gasteiger partial charge in [-0.25, -0.2) is 0 Å². The molecular weight excluding hydrogens is 330 g/mol. The van der Waals surface area contributed by atoms with Crippen LogP contribution in [0.1, 0.15) is 41.3 Å². The molecule has 0 bridgehead atoms. The Morgan fingerprint density at radius 1 is 1.33 bits per heavy atom. The van der Waals surface area contributed by atoms with E-state index in [1.54, 1.807) is 0 Å². The molecule has 0 amide bonds. The van der Waals surface area contributed by atoms with Crippen LogP contribution in [0, 0.1) is 0 Å². The van der Waals surface area contributed by atoms with Crippen LogP contribution in [0.25, 0.3) is 0 Å². The zero-order chi connectivity index (χ0) is 14.4. The van der Waals surface area contributed by atoms with Gasteiger partial charge in [0.05, 0.1) is 19.3 Å². The monoisotopic (exact) mass is 347 g/mol. The van der Waals surface area contributed by atoms with Crippen molar-refractivity contribution in [3.05, 3.63) is 51.3 Å². The van der Waals surface area contributed by atoms with Crippen molar-refractivity contribution in [2.45, 2.75) is 38.3 Å². The van der Waals surface area contributed by atoms with Crippen molar-refractivity contribution < 1.29 is 9.84 Å². The zero-order valence-electron chi connectivity index (χ0n) is 11.8. The molecule has 2 aromatic rings. The van der Waals surface area contributed by atoms with Crippen LogP contribution in [0.3, 0.4) is 0 Å². The Kier molecular flexibility index (Phi) is 3.31. The van der Waals surface area contributed by atoms with E-state index < -0.39 is 0 Å². The van der Waals surface area contributed by atoms with Crippen LogP contribution >= 0.6 is 15.9 Å². The highest BCUT2D eigenvalue weighted by molar-refractivity contribution is 9.10. The molecule has 1 unspecified atom stereocenters. The Morgan fingerprint density at radius 3 is 3.14 bits per heavy atom. The summed E-state index contributed by atoms with van der Waals surface area (Å²) in [5, 5.41) is 10.1. The molecule has 4 heteroatoms. The molecule has 1 aromatic heterocycles.